The molecule has 92 valence electrons. The Bertz CT molecular complexity index is 279. The van der Waals surface area contributed by atoms with Crippen LogP contribution in [0.15, 0.2) is 6.07 Å². The third-order valence-corrected chi connectivity index (χ3v) is 1.74. The fourth-order valence-electron chi connectivity index (χ4n) is 0.901. The van der Waals surface area contributed by atoms with Crippen molar-refractivity contribution in [2.45, 2.75) is 6.92 Å². The van der Waals surface area contributed by atoms with Crippen LogP contribution in [0, 0.1) is 6.92 Å². The molecule has 0 spiro atoms. The summed E-state index contributed by atoms with van der Waals surface area (Å²) in [5.41, 5.74) is 25.0. The van der Waals surface area contributed by atoms with Gasteiger partial charge in [-0.15, -0.1) is 49.6 Å². The second kappa shape index (κ2) is 8.85. The monoisotopic (exact) mass is 296 g/mol. The lowest BCUT2D eigenvalue weighted by Gasteiger charge is -2.09. The van der Waals surface area contributed by atoms with Crippen LogP contribution >= 0.6 is 49.6 Å². The highest BCUT2D eigenvalue weighted by molar-refractivity contribution is 5.86. The average molecular weight is 298 g/mol. The van der Waals surface area contributed by atoms with Crippen LogP contribution in [-0.2, 0) is 0 Å². The third-order valence-electron chi connectivity index (χ3n) is 1.74. The van der Waals surface area contributed by atoms with Gasteiger partial charge in [-0.1, -0.05) is 0 Å². The molecule has 0 aliphatic rings. The van der Waals surface area contributed by atoms with Crippen LogP contribution in [-0.4, -0.2) is 0 Å². The Morgan fingerprint density at radius 1 is 0.733 bits per heavy atom. The topological polar surface area (TPSA) is 104 Å². The summed E-state index contributed by atoms with van der Waals surface area (Å²) >= 11 is 0. The van der Waals surface area contributed by atoms with Crippen molar-refractivity contribution in [2.75, 3.05) is 22.9 Å². The molecule has 4 nitrogen and oxygen atoms in total. The Labute approximate surface area is 114 Å². The van der Waals surface area contributed by atoms with Crippen LogP contribution in [0.25, 0.3) is 0 Å². The second-order valence-corrected chi connectivity index (χ2v) is 2.51. The number of nitrogen functional groups attached to an aromatic ring is 4. The van der Waals surface area contributed by atoms with Crippen molar-refractivity contribution in [1.82, 2.24) is 0 Å². The van der Waals surface area contributed by atoms with Crippen molar-refractivity contribution in [1.29, 1.82) is 0 Å². The molecular weight excluding hydrogens is 282 g/mol. The molecule has 0 amide bonds. The van der Waals surface area contributed by atoms with E-state index < -0.39 is 0 Å². The Balaban J connectivity index is -0.000000151. The summed E-state index contributed by atoms with van der Waals surface area (Å²) < 4.78 is 0. The summed E-state index contributed by atoms with van der Waals surface area (Å²) in [5, 5.41) is 0. The quantitative estimate of drug-likeness (QED) is 0.550. The van der Waals surface area contributed by atoms with Gasteiger partial charge in [-0.25, -0.2) is 0 Å². The summed E-state index contributed by atoms with van der Waals surface area (Å²) in [4.78, 5) is 0. The number of benzene rings is 1. The van der Waals surface area contributed by atoms with Crippen molar-refractivity contribution < 1.29 is 0 Å². The van der Waals surface area contributed by atoms with Crippen LogP contribution in [0.2, 0.25) is 0 Å². The number of hydrogen-bond acceptors (Lipinski definition) is 4. The minimum absolute atomic E-state index is 0. The normalized spacial score (nSPS) is 7.27. The van der Waals surface area contributed by atoms with E-state index in [4.69, 9.17) is 22.9 Å². The third kappa shape index (κ3) is 4.75. The summed E-state index contributed by atoms with van der Waals surface area (Å²) in [6.07, 6.45) is 0. The molecule has 15 heavy (non-hydrogen) atoms. The van der Waals surface area contributed by atoms with Crippen molar-refractivity contribution >= 4 is 72.4 Å². The van der Waals surface area contributed by atoms with Crippen LogP contribution < -0.4 is 22.9 Å². The van der Waals surface area contributed by atoms with Gasteiger partial charge in [0, 0.05) is 0 Å². The first-order valence-corrected chi connectivity index (χ1v) is 3.23. The van der Waals surface area contributed by atoms with E-state index in [1.807, 2.05) is 0 Å². The predicted molar refractivity (Wildman–Crippen MR) is 77.8 cm³/mol. The first kappa shape index (κ1) is 24.0. The molecule has 0 aromatic heterocycles. The molecule has 8 N–H and O–H groups in total. The van der Waals surface area contributed by atoms with Gasteiger partial charge in [-0.05, 0) is 18.6 Å². The maximum Gasteiger partial charge on any atom is 0.0599 e. The zero-order valence-electron chi connectivity index (χ0n) is 8.02. The molecule has 0 atom stereocenters. The van der Waals surface area contributed by atoms with Gasteiger partial charge in [-0.2, -0.15) is 0 Å². The van der Waals surface area contributed by atoms with Gasteiger partial charge in [0.2, 0.25) is 0 Å². The molecule has 0 bridgehead atoms. The molecular formula is C7H16Cl4N4. The van der Waals surface area contributed by atoms with Crippen molar-refractivity contribution in [3.63, 3.8) is 0 Å². The van der Waals surface area contributed by atoms with E-state index in [0.717, 1.165) is 5.56 Å². The molecule has 0 radical (unpaired) electrons. The SMILES string of the molecule is Cc1c(N)c(N)cc(N)c1N.Cl.Cl.Cl.Cl. The zero-order valence-corrected chi connectivity index (χ0v) is 11.3. The highest BCUT2D eigenvalue weighted by Gasteiger charge is 2.05. The van der Waals surface area contributed by atoms with Gasteiger partial charge in [0.1, 0.15) is 0 Å². The Morgan fingerprint density at radius 2 is 1.00 bits per heavy atom. The highest BCUT2D eigenvalue weighted by atomic mass is 35.5. The van der Waals surface area contributed by atoms with E-state index >= 15 is 0 Å². The lowest BCUT2D eigenvalue weighted by Crippen LogP contribution is -2.04. The fourth-order valence-corrected chi connectivity index (χ4v) is 0.901. The number of hydrogen-bond donors (Lipinski definition) is 4. The molecule has 0 heterocycles. The summed E-state index contributed by atoms with van der Waals surface area (Å²) in [5.74, 6) is 0. The fraction of sp³-hybridized carbons (Fsp3) is 0.143. The molecule has 1 aromatic carbocycles. The number of anilines is 4. The maximum atomic E-state index is 5.59. The Morgan fingerprint density at radius 3 is 1.27 bits per heavy atom. The van der Waals surface area contributed by atoms with Crippen molar-refractivity contribution in [2.24, 2.45) is 0 Å². The Kier molecular flexibility index (Phi) is 14.2. The zero-order chi connectivity index (χ0) is 8.59. The number of rotatable bonds is 0. The van der Waals surface area contributed by atoms with E-state index in [9.17, 15) is 0 Å². The summed E-state index contributed by atoms with van der Waals surface area (Å²) in [7, 11) is 0. The first-order chi connectivity index (χ1) is 5.04. The van der Waals surface area contributed by atoms with E-state index in [1.54, 1.807) is 13.0 Å². The van der Waals surface area contributed by atoms with Gasteiger partial charge < -0.3 is 22.9 Å². The van der Waals surface area contributed by atoms with Gasteiger partial charge in [0.15, 0.2) is 0 Å². The molecule has 0 aliphatic heterocycles. The predicted octanol–water partition coefficient (Wildman–Crippen LogP) is 2.01. The molecule has 1 rings (SSSR count). The maximum absolute atomic E-state index is 5.59. The largest absolute Gasteiger partial charge is 0.397 e. The minimum Gasteiger partial charge on any atom is -0.397 e. The van der Waals surface area contributed by atoms with E-state index in [2.05, 4.69) is 0 Å². The van der Waals surface area contributed by atoms with Gasteiger partial charge in [0.25, 0.3) is 0 Å². The lowest BCUT2D eigenvalue weighted by molar-refractivity contribution is 1.47. The van der Waals surface area contributed by atoms with Crippen LogP contribution in [0.5, 0.6) is 0 Å². The van der Waals surface area contributed by atoms with Crippen molar-refractivity contribution in [3.8, 4) is 0 Å². The number of halogens is 4. The highest BCUT2D eigenvalue weighted by Crippen LogP contribution is 2.29. The molecule has 0 saturated heterocycles. The summed E-state index contributed by atoms with van der Waals surface area (Å²) in [6.45, 7) is 1.79. The van der Waals surface area contributed by atoms with Gasteiger partial charge >= 0.3 is 0 Å². The molecule has 0 unspecified atom stereocenters. The van der Waals surface area contributed by atoms with Gasteiger partial charge in [0.05, 0.1) is 22.7 Å². The van der Waals surface area contributed by atoms with E-state index in [0.29, 0.717) is 22.7 Å². The van der Waals surface area contributed by atoms with E-state index in [1.165, 1.54) is 0 Å². The standard InChI is InChI=1S/C7H12N4.4ClH/c1-3-6(10)4(8)2-5(9)7(3)11;;;;/h2H,8-11H2,1H3;4*1H. The lowest BCUT2D eigenvalue weighted by atomic mass is 10.1. The second-order valence-electron chi connectivity index (χ2n) is 2.51. The molecule has 1 aromatic rings. The van der Waals surface area contributed by atoms with E-state index in [-0.39, 0.29) is 49.6 Å². The molecule has 8 heteroatoms. The molecule has 0 saturated carbocycles. The summed E-state index contributed by atoms with van der Waals surface area (Å²) in [6, 6.07) is 1.57. The Hall–Kier alpha value is -0.420. The van der Waals surface area contributed by atoms with Crippen molar-refractivity contribution in [3.05, 3.63) is 11.6 Å². The average Bonchev–Trinajstić information content (AvgIpc) is 1.97. The van der Waals surface area contributed by atoms with Crippen LogP contribution in [0.4, 0.5) is 22.7 Å². The minimum atomic E-state index is 0. The van der Waals surface area contributed by atoms with Gasteiger partial charge in [-0.3, -0.25) is 0 Å². The van der Waals surface area contributed by atoms with Crippen LogP contribution in [0.3, 0.4) is 0 Å². The first-order valence-electron chi connectivity index (χ1n) is 3.23. The smallest absolute Gasteiger partial charge is 0.0599 e. The molecule has 0 aliphatic carbocycles. The van der Waals surface area contributed by atoms with Crippen LogP contribution in [0.1, 0.15) is 5.56 Å². The number of nitrogens with two attached hydrogens (primary N) is 4. The molecule has 0 fully saturated rings.